The van der Waals surface area contributed by atoms with Crippen LogP contribution in [0.3, 0.4) is 0 Å². The standard InChI is InChI=1S/C14H31N/c1-7-8-13(6)14(9-11(2)3)10-15-12(4)5/h11-15H,7-10H2,1-6H3. The van der Waals surface area contributed by atoms with Crippen molar-refractivity contribution in [2.24, 2.45) is 17.8 Å². The molecule has 0 radical (unpaired) electrons. The number of hydrogen-bond donors (Lipinski definition) is 1. The first-order valence-electron chi connectivity index (χ1n) is 6.70. The van der Waals surface area contributed by atoms with Crippen LogP contribution < -0.4 is 5.32 Å². The number of hydrogen-bond acceptors (Lipinski definition) is 1. The van der Waals surface area contributed by atoms with Crippen LogP contribution in [-0.4, -0.2) is 12.6 Å². The molecule has 0 amide bonds. The monoisotopic (exact) mass is 213 g/mol. The van der Waals surface area contributed by atoms with E-state index in [0.717, 1.165) is 17.8 Å². The van der Waals surface area contributed by atoms with Gasteiger partial charge in [0.1, 0.15) is 0 Å². The molecule has 2 unspecified atom stereocenters. The van der Waals surface area contributed by atoms with Gasteiger partial charge in [-0.1, -0.05) is 54.4 Å². The highest BCUT2D eigenvalue weighted by molar-refractivity contribution is 4.71. The van der Waals surface area contributed by atoms with E-state index >= 15 is 0 Å². The summed E-state index contributed by atoms with van der Waals surface area (Å²) in [6.45, 7) is 15.0. The summed E-state index contributed by atoms with van der Waals surface area (Å²) in [7, 11) is 0. The molecule has 1 heteroatoms. The van der Waals surface area contributed by atoms with Gasteiger partial charge in [-0.25, -0.2) is 0 Å². The third-order valence-corrected chi connectivity index (χ3v) is 3.11. The SMILES string of the molecule is CCCC(C)C(CNC(C)C)CC(C)C. The summed E-state index contributed by atoms with van der Waals surface area (Å²) in [5, 5.41) is 3.59. The lowest BCUT2D eigenvalue weighted by molar-refractivity contribution is 0.267. The highest BCUT2D eigenvalue weighted by atomic mass is 14.9. The van der Waals surface area contributed by atoms with Crippen molar-refractivity contribution >= 4 is 0 Å². The lowest BCUT2D eigenvalue weighted by Gasteiger charge is -2.26. The summed E-state index contributed by atoms with van der Waals surface area (Å²) in [4.78, 5) is 0. The molecule has 1 nitrogen and oxygen atoms in total. The van der Waals surface area contributed by atoms with Crippen LogP contribution >= 0.6 is 0 Å². The van der Waals surface area contributed by atoms with Gasteiger partial charge in [0.25, 0.3) is 0 Å². The van der Waals surface area contributed by atoms with Crippen molar-refractivity contribution in [3.8, 4) is 0 Å². The molecular weight excluding hydrogens is 182 g/mol. The Morgan fingerprint density at radius 1 is 1.00 bits per heavy atom. The minimum absolute atomic E-state index is 0.619. The molecule has 0 aromatic carbocycles. The van der Waals surface area contributed by atoms with E-state index in [-0.39, 0.29) is 0 Å². The van der Waals surface area contributed by atoms with E-state index in [0.29, 0.717) is 6.04 Å². The summed E-state index contributed by atoms with van der Waals surface area (Å²) < 4.78 is 0. The molecule has 0 spiro atoms. The second-order valence-electron chi connectivity index (χ2n) is 5.72. The zero-order valence-electron chi connectivity index (χ0n) is 11.6. The number of nitrogens with one attached hydrogen (secondary N) is 1. The summed E-state index contributed by atoms with van der Waals surface area (Å²) in [5.74, 6) is 2.54. The summed E-state index contributed by atoms with van der Waals surface area (Å²) in [6, 6.07) is 0.619. The molecular formula is C14H31N. The summed E-state index contributed by atoms with van der Waals surface area (Å²) >= 11 is 0. The molecule has 0 saturated heterocycles. The van der Waals surface area contributed by atoms with E-state index in [2.05, 4.69) is 46.9 Å². The fourth-order valence-electron chi connectivity index (χ4n) is 2.20. The van der Waals surface area contributed by atoms with Gasteiger partial charge in [0.05, 0.1) is 0 Å². The van der Waals surface area contributed by atoms with E-state index in [9.17, 15) is 0 Å². The van der Waals surface area contributed by atoms with Gasteiger partial charge in [-0.05, 0) is 30.7 Å². The Labute approximate surface area is 97.0 Å². The third-order valence-electron chi connectivity index (χ3n) is 3.11. The average Bonchev–Trinajstić information content (AvgIpc) is 2.11. The zero-order valence-corrected chi connectivity index (χ0v) is 11.6. The van der Waals surface area contributed by atoms with Gasteiger partial charge in [-0.15, -0.1) is 0 Å². The van der Waals surface area contributed by atoms with Gasteiger partial charge in [-0.2, -0.15) is 0 Å². The van der Waals surface area contributed by atoms with Gasteiger partial charge in [-0.3, -0.25) is 0 Å². The lowest BCUT2D eigenvalue weighted by Crippen LogP contribution is -2.32. The minimum atomic E-state index is 0.619. The molecule has 15 heavy (non-hydrogen) atoms. The smallest absolute Gasteiger partial charge is 0.00104 e. The third kappa shape index (κ3) is 7.84. The molecule has 0 aromatic rings. The largest absolute Gasteiger partial charge is 0.314 e. The Morgan fingerprint density at radius 3 is 2.00 bits per heavy atom. The first kappa shape index (κ1) is 15.0. The van der Waals surface area contributed by atoms with Crippen molar-refractivity contribution in [1.82, 2.24) is 5.32 Å². The van der Waals surface area contributed by atoms with Crippen molar-refractivity contribution in [1.29, 1.82) is 0 Å². The van der Waals surface area contributed by atoms with Crippen molar-refractivity contribution in [2.45, 2.75) is 66.8 Å². The molecule has 0 heterocycles. The molecule has 0 saturated carbocycles. The fourth-order valence-corrected chi connectivity index (χ4v) is 2.20. The van der Waals surface area contributed by atoms with Crippen LogP contribution in [0.25, 0.3) is 0 Å². The fraction of sp³-hybridized carbons (Fsp3) is 1.00. The van der Waals surface area contributed by atoms with Crippen molar-refractivity contribution in [3.63, 3.8) is 0 Å². The van der Waals surface area contributed by atoms with E-state index in [1.54, 1.807) is 0 Å². The Morgan fingerprint density at radius 2 is 1.60 bits per heavy atom. The molecule has 2 atom stereocenters. The van der Waals surface area contributed by atoms with Crippen molar-refractivity contribution in [2.75, 3.05) is 6.54 Å². The normalized spacial score (nSPS) is 16.0. The van der Waals surface area contributed by atoms with Gasteiger partial charge in [0, 0.05) is 6.04 Å². The molecule has 0 bridgehead atoms. The highest BCUT2D eigenvalue weighted by Gasteiger charge is 2.17. The van der Waals surface area contributed by atoms with Crippen LogP contribution in [0.1, 0.15) is 60.8 Å². The molecule has 0 aromatic heterocycles. The Kier molecular flexibility index (Phi) is 8.13. The topological polar surface area (TPSA) is 12.0 Å². The maximum atomic E-state index is 3.59. The number of rotatable bonds is 8. The van der Waals surface area contributed by atoms with E-state index in [1.165, 1.54) is 25.8 Å². The predicted molar refractivity (Wildman–Crippen MR) is 70.2 cm³/mol. The van der Waals surface area contributed by atoms with Crippen molar-refractivity contribution < 1.29 is 0 Å². The maximum Gasteiger partial charge on any atom is 0.00104 e. The molecule has 0 rings (SSSR count). The van der Waals surface area contributed by atoms with Crippen LogP contribution in [-0.2, 0) is 0 Å². The molecule has 1 N–H and O–H groups in total. The maximum absolute atomic E-state index is 3.59. The lowest BCUT2D eigenvalue weighted by atomic mass is 9.84. The van der Waals surface area contributed by atoms with Gasteiger partial charge in [0.15, 0.2) is 0 Å². The quantitative estimate of drug-likeness (QED) is 0.640. The van der Waals surface area contributed by atoms with Gasteiger partial charge < -0.3 is 5.32 Å². The molecule has 0 aliphatic carbocycles. The summed E-state index contributed by atoms with van der Waals surface area (Å²) in [5.41, 5.74) is 0. The van der Waals surface area contributed by atoms with Crippen LogP contribution in [0.5, 0.6) is 0 Å². The van der Waals surface area contributed by atoms with E-state index in [4.69, 9.17) is 0 Å². The Bertz CT molecular complexity index is 140. The zero-order chi connectivity index (χ0) is 11.8. The van der Waals surface area contributed by atoms with Crippen LogP contribution in [0.4, 0.5) is 0 Å². The second-order valence-corrected chi connectivity index (χ2v) is 5.72. The Hall–Kier alpha value is -0.0400. The Balaban J connectivity index is 4.04. The minimum Gasteiger partial charge on any atom is -0.314 e. The van der Waals surface area contributed by atoms with Crippen LogP contribution in [0.15, 0.2) is 0 Å². The summed E-state index contributed by atoms with van der Waals surface area (Å²) in [6.07, 6.45) is 4.05. The second kappa shape index (κ2) is 8.15. The van der Waals surface area contributed by atoms with Crippen LogP contribution in [0, 0.1) is 17.8 Å². The first-order chi connectivity index (χ1) is 6.97. The van der Waals surface area contributed by atoms with E-state index < -0.39 is 0 Å². The van der Waals surface area contributed by atoms with Gasteiger partial charge in [0.2, 0.25) is 0 Å². The molecule has 0 aliphatic rings. The average molecular weight is 213 g/mol. The predicted octanol–water partition coefficient (Wildman–Crippen LogP) is 4.08. The van der Waals surface area contributed by atoms with Crippen molar-refractivity contribution in [3.05, 3.63) is 0 Å². The molecule has 92 valence electrons. The van der Waals surface area contributed by atoms with Gasteiger partial charge >= 0.3 is 0 Å². The molecule has 0 aliphatic heterocycles. The van der Waals surface area contributed by atoms with Crippen LogP contribution in [0.2, 0.25) is 0 Å². The highest BCUT2D eigenvalue weighted by Crippen LogP contribution is 2.23. The van der Waals surface area contributed by atoms with E-state index in [1.807, 2.05) is 0 Å². The molecule has 0 fully saturated rings. The first-order valence-corrected chi connectivity index (χ1v) is 6.70.